The number of guanidine groups is 1. The summed E-state index contributed by atoms with van der Waals surface area (Å²) in [6.45, 7) is 10.3. The molecular formula is C18H29N5O3. The Labute approximate surface area is 154 Å². The van der Waals surface area contributed by atoms with Gasteiger partial charge in [-0.05, 0) is 39.7 Å². The Balaban J connectivity index is 2.73. The normalized spacial score (nSPS) is 13.0. The largest absolute Gasteiger partial charge is 0.354 e. The third kappa shape index (κ3) is 8.46. The second-order valence-electron chi connectivity index (χ2n) is 7.19. The minimum atomic E-state index is -0.432. The van der Waals surface area contributed by atoms with Gasteiger partial charge in [-0.2, -0.15) is 0 Å². The molecule has 1 aromatic carbocycles. The number of nitro benzene ring substituents is 1. The molecule has 3 N–H and O–H groups in total. The number of non-ortho nitro benzene ring substituents is 1. The van der Waals surface area contributed by atoms with Crippen molar-refractivity contribution < 1.29 is 9.72 Å². The zero-order valence-electron chi connectivity index (χ0n) is 16.1. The molecule has 0 saturated carbocycles. The number of nitrogens with zero attached hydrogens (tertiary/aromatic N) is 2. The Morgan fingerprint density at radius 1 is 1.27 bits per heavy atom. The molecule has 8 nitrogen and oxygen atoms in total. The summed E-state index contributed by atoms with van der Waals surface area (Å²) in [5.41, 5.74) is 0.603. The van der Waals surface area contributed by atoms with E-state index >= 15 is 0 Å². The van der Waals surface area contributed by atoms with Crippen LogP contribution in [0.3, 0.4) is 0 Å². The maximum Gasteiger partial charge on any atom is 0.269 e. The Morgan fingerprint density at radius 3 is 2.38 bits per heavy atom. The van der Waals surface area contributed by atoms with Crippen LogP contribution in [0.2, 0.25) is 0 Å². The first-order valence-corrected chi connectivity index (χ1v) is 8.70. The lowest BCUT2D eigenvalue weighted by Crippen LogP contribution is -2.49. The average molecular weight is 363 g/mol. The van der Waals surface area contributed by atoms with Crippen molar-refractivity contribution >= 4 is 17.6 Å². The molecule has 0 fully saturated rings. The zero-order valence-corrected chi connectivity index (χ0v) is 16.1. The van der Waals surface area contributed by atoms with E-state index in [1.165, 1.54) is 12.1 Å². The van der Waals surface area contributed by atoms with Crippen molar-refractivity contribution in [2.75, 3.05) is 6.54 Å². The van der Waals surface area contributed by atoms with Gasteiger partial charge in [-0.1, -0.05) is 19.1 Å². The first kappa shape index (κ1) is 21.4. The first-order valence-electron chi connectivity index (χ1n) is 8.70. The highest BCUT2D eigenvalue weighted by atomic mass is 16.6. The lowest BCUT2D eigenvalue weighted by atomic mass is 10.1. The molecule has 0 aliphatic carbocycles. The predicted octanol–water partition coefficient (Wildman–Crippen LogP) is 2.34. The third-order valence-corrected chi connectivity index (χ3v) is 3.49. The van der Waals surface area contributed by atoms with Gasteiger partial charge < -0.3 is 16.0 Å². The van der Waals surface area contributed by atoms with Crippen LogP contribution in [0.4, 0.5) is 5.69 Å². The number of amides is 1. The van der Waals surface area contributed by atoms with Crippen molar-refractivity contribution in [1.82, 2.24) is 16.0 Å². The Kier molecular flexibility index (Phi) is 8.02. The SMILES string of the molecule is CCC(C)NC(=NCc1ccc([N+](=O)[O-])cc1)NCC(=O)NC(C)(C)C. The van der Waals surface area contributed by atoms with Gasteiger partial charge in [0.15, 0.2) is 5.96 Å². The van der Waals surface area contributed by atoms with Gasteiger partial charge in [0.2, 0.25) is 5.91 Å². The Hall–Kier alpha value is -2.64. The van der Waals surface area contributed by atoms with Gasteiger partial charge in [-0.15, -0.1) is 0 Å². The van der Waals surface area contributed by atoms with Crippen molar-refractivity contribution in [2.24, 2.45) is 4.99 Å². The molecule has 1 atom stereocenters. The summed E-state index contributed by atoms with van der Waals surface area (Å²) in [4.78, 5) is 26.7. The van der Waals surface area contributed by atoms with Crippen LogP contribution in [0.5, 0.6) is 0 Å². The van der Waals surface area contributed by atoms with Crippen LogP contribution in [-0.2, 0) is 11.3 Å². The number of carbonyl (C=O) groups is 1. The number of nitrogens with one attached hydrogen (secondary N) is 3. The fourth-order valence-electron chi connectivity index (χ4n) is 2.01. The highest BCUT2D eigenvalue weighted by Crippen LogP contribution is 2.12. The molecule has 1 aromatic rings. The van der Waals surface area contributed by atoms with E-state index in [9.17, 15) is 14.9 Å². The molecule has 0 spiro atoms. The molecule has 0 aromatic heterocycles. The minimum absolute atomic E-state index is 0.0488. The summed E-state index contributed by atoms with van der Waals surface area (Å²) in [6.07, 6.45) is 0.909. The maximum absolute atomic E-state index is 12.0. The Bertz CT molecular complexity index is 635. The summed E-state index contributed by atoms with van der Waals surface area (Å²) >= 11 is 0. The molecule has 1 amide bonds. The number of benzene rings is 1. The van der Waals surface area contributed by atoms with E-state index in [1.807, 2.05) is 27.7 Å². The van der Waals surface area contributed by atoms with Gasteiger partial charge in [-0.25, -0.2) is 4.99 Å². The molecule has 8 heteroatoms. The van der Waals surface area contributed by atoms with E-state index in [0.717, 1.165) is 12.0 Å². The summed E-state index contributed by atoms with van der Waals surface area (Å²) in [6, 6.07) is 6.46. The average Bonchev–Trinajstić information content (AvgIpc) is 2.55. The fourth-order valence-corrected chi connectivity index (χ4v) is 2.01. The number of aliphatic imine (C=N–C) groups is 1. The quantitative estimate of drug-likeness (QED) is 0.298. The summed E-state index contributed by atoms with van der Waals surface area (Å²) in [5.74, 6) is 0.410. The topological polar surface area (TPSA) is 109 Å². The van der Waals surface area contributed by atoms with Crippen molar-refractivity contribution in [1.29, 1.82) is 0 Å². The second kappa shape index (κ2) is 9.74. The molecule has 1 unspecified atom stereocenters. The predicted molar refractivity (Wildman–Crippen MR) is 103 cm³/mol. The van der Waals surface area contributed by atoms with Gasteiger partial charge in [0.1, 0.15) is 0 Å². The molecule has 0 aliphatic heterocycles. The van der Waals surface area contributed by atoms with Gasteiger partial charge in [0.25, 0.3) is 5.69 Å². The number of carbonyl (C=O) groups excluding carboxylic acids is 1. The standard InChI is InChI=1S/C18H29N5O3/c1-6-13(2)21-17(20-12-16(24)22-18(3,4)5)19-11-14-7-9-15(10-8-14)23(25)26/h7-10,13H,6,11-12H2,1-5H3,(H,22,24)(H2,19,20,21). The molecule has 1 rings (SSSR count). The van der Waals surface area contributed by atoms with Crippen LogP contribution in [0.1, 0.15) is 46.6 Å². The summed E-state index contributed by atoms with van der Waals surface area (Å²) in [5, 5.41) is 19.8. The van der Waals surface area contributed by atoms with Crippen LogP contribution in [0.15, 0.2) is 29.3 Å². The molecule has 26 heavy (non-hydrogen) atoms. The smallest absolute Gasteiger partial charge is 0.269 e. The van der Waals surface area contributed by atoms with E-state index in [2.05, 4.69) is 27.9 Å². The van der Waals surface area contributed by atoms with Crippen molar-refractivity contribution in [3.05, 3.63) is 39.9 Å². The fraction of sp³-hybridized carbons (Fsp3) is 0.556. The van der Waals surface area contributed by atoms with Crippen molar-refractivity contribution in [3.8, 4) is 0 Å². The van der Waals surface area contributed by atoms with Gasteiger partial charge in [-0.3, -0.25) is 14.9 Å². The van der Waals surface area contributed by atoms with Gasteiger partial charge >= 0.3 is 0 Å². The summed E-state index contributed by atoms with van der Waals surface area (Å²) in [7, 11) is 0. The number of hydrogen-bond acceptors (Lipinski definition) is 4. The maximum atomic E-state index is 12.0. The molecule has 0 saturated heterocycles. The number of rotatable bonds is 7. The van der Waals surface area contributed by atoms with E-state index in [-0.39, 0.29) is 29.7 Å². The lowest BCUT2D eigenvalue weighted by Gasteiger charge is -2.22. The highest BCUT2D eigenvalue weighted by Gasteiger charge is 2.14. The molecule has 0 aliphatic rings. The number of hydrogen-bond donors (Lipinski definition) is 3. The van der Waals surface area contributed by atoms with Crippen LogP contribution in [0.25, 0.3) is 0 Å². The van der Waals surface area contributed by atoms with Crippen molar-refractivity contribution in [2.45, 2.75) is 59.2 Å². The van der Waals surface area contributed by atoms with Crippen LogP contribution >= 0.6 is 0 Å². The van der Waals surface area contributed by atoms with E-state index < -0.39 is 4.92 Å². The first-order chi connectivity index (χ1) is 12.1. The highest BCUT2D eigenvalue weighted by molar-refractivity contribution is 5.86. The van der Waals surface area contributed by atoms with E-state index in [1.54, 1.807) is 12.1 Å². The van der Waals surface area contributed by atoms with Gasteiger partial charge in [0.05, 0.1) is 18.0 Å². The molecule has 0 heterocycles. The minimum Gasteiger partial charge on any atom is -0.354 e. The summed E-state index contributed by atoms with van der Waals surface area (Å²) < 4.78 is 0. The van der Waals surface area contributed by atoms with Crippen LogP contribution in [-0.4, -0.2) is 34.9 Å². The van der Waals surface area contributed by atoms with Gasteiger partial charge in [0, 0.05) is 23.7 Å². The monoisotopic (exact) mass is 363 g/mol. The van der Waals surface area contributed by atoms with E-state index in [4.69, 9.17) is 0 Å². The number of nitro groups is 1. The van der Waals surface area contributed by atoms with E-state index in [0.29, 0.717) is 12.5 Å². The molecular weight excluding hydrogens is 334 g/mol. The third-order valence-electron chi connectivity index (χ3n) is 3.49. The molecule has 144 valence electrons. The lowest BCUT2D eigenvalue weighted by molar-refractivity contribution is -0.384. The van der Waals surface area contributed by atoms with Crippen molar-refractivity contribution in [3.63, 3.8) is 0 Å². The Morgan fingerprint density at radius 2 is 1.88 bits per heavy atom. The van der Waals surface area contributed by atoms with Crippen LogP contribution in [0, 0.1) is 10.1 Å². The molecule has 0 bridgehead atoms. The zero-order chi connectivity index (χ0) is 19.7. The van der Waals surface area contributed by atoms with Crippen LogP contribution < -0.4 is 16.0 Å². The second-order valence-corrected chi connectivity index (χ2v) is 7.19. The molecule has 0 radical (unpaired) electrons.